The molecule has 10 heteroatoms. The van der Waals surface area contributed by atoms with Crippen molar-refractivity contribution in [3.8, 4) is 11.3 Å². The highest BCUT2D eigenvalue weighted by Crippen LogP contribution is 2.31. The van der Waals surface area contributed by atoms with Crippen LogP contribution >= 0.6 is 34.5 Å². The van der Waals surface area contributed by atoms with Crippen molar-refractivity contribution in [2.24, 2.45) is 5.92 Å². The minimum atomic E-state index is -3.87. The number of carbonyl (C=O) groups is 1. The monoisotopic (exact) mass is 509 g/mol. The zero-order valence-corrected chi connectivity index (χ0v) is 20.4. The summed E-state index contributed by atoms with van der Waals surface area (Å²) in [4.78, 5) is 17.4. The first-order valence-electron chi connectivity index (χ1n) is 10.0. The fraction of sp³-hybridized carbons (Fsp3) is 0.273. The molecule has 4 rings (SSSR count). The van der Waals surface area contributed by atoms with Crippen molar-refractivity contribution in [2.75, 3.05) is 18.4 Å². The minimum Gasteiger partial charge on any atom is -0.326 e. The van der Waals surface area contributed by atoms with Crippen LogP contribution in [-0.4, -0.2) is 36.7 Å². The molecule has 0 unspecified atom stereocenters. The summed E-state index contributed by atoms with van der Waals surface area (Å²) in [6, 6.07) is 11.8. The number of sulfonamides is 1. The third-order valence-corrected chi connectivity index (χ3v) is 8.67. The summed E-state index contributed by atoms with van der Waals surface area (Å²) in [5.41, 5.74) is 2.42. The molecule has 0 spiro atoms. The zero-order chi connectivity index (χ0) is 22.9. The second-order valence-corrected chi connectivity index (χ2v) is 11.4. The summed E-state index contributed by atoms with van der Waals surface area (Å²) in [6.07, 6.45) is 1.18. The maximum atomic E-state index is 13.1. The van der Waals surface area contributed by atoms with Crippen molar-refractivity contribution >= 4 is 56.2 Å². The van der Waals surface area contributed by atoms with E-state index in [1.54, 1.807) is 11.3 Å². The number of carbonyl (C=O) groups excluding carboxylic acids is 1. The average molecular weight is 510 g/mol. The van der Waals surface area contributed by atoms with Gasteiger partial charge in [0.05, 0.1) is 21.6 Å². The van der Waals surface area contributed by atoms with Gasteiger partial charge in [0.15, 0.2) is 0 Å². The van der Waals surface area contributed by atoms with Crippen molar-refractivity contribution < 1.29 is 13.2 Å². The molecule has 2 aromatic carbocycles. The number of nitrogens with zero attached hydrogens (tertiary/aromatic N) is 2. The molecule has 3 aromatic rings. The molecule has 1 aliphatic rings. The lowest BCUT2D eigenvalue weighted by Crippen LogP contribution is -2.43. The lowest BCUT2D eigenvalue weighted by molar-refractivity contribution is -0.120. The highest BCUT2D eigenvalue weighted by atomic mass is 35.5. The van der Waals surface area contributed by atoms with Gasteiger partial charge in [0.25, 0.3) is 0 Å². The molecule has 6 nitrogen and oxygen atoms in total. The number of thiazole rings is 1. The van der Waals surface area contributed by atoms with Gasteiger partial charge in [-0.1, -0.05) is 35.3 Å². The molecule has 1 aliphatic heterocycles. The molecular weight excluding hydrogens is 489 g/mol. The van der Waals surface area contributed by atoms with Gasteiger partial charge in [-0.25, -0.2) is 13.4 Å². The molecule has 1 atom stereocenters. The highest BCUT2D eigenvalue weighted by molar-refractivity contribution is 7.89. The van der Waals surface area contributed by atoms with Crippen LogP contribution in [0, 0.1) is 12.8 Å². The second-order valence-electron chi connectivity index (χ2n) is 7.60. The largest absolute Gasteiger partial charge is 0.326 e. The quantitative estimate of drug-likeness (QED) is 0.494. The first kappa shape index (κ1) is 23.2. The number of amides is 1. The zero-order valence-electron chi connectivity index (χ0n) is 17.2. The second kappa shape index (κ2) is 9.49. The van der Waals surface area contributed by atoms with E-state index in [9.17, 15) is 13.2 Å². The van der Waals surface area contributed by atoms with Crippen LogP contribution in [0.1, 0.15) is 17.8 Å². The number of aromatic nitrogens is 1. The summed E-state index contributed by atoms with van der Waals surface area (Å²) < 4.78 is 27.6. The average Bonchev–Trinajstić information content (AvgIpc) is 3.22. The van der Waals surface area contributed by atoms with Gasteiger partial charge in [-0.15, -0.1) is 11.3 Å². The lowest BCUT2D eigenvalue weighted by Gasteiger charge is -2.31. The van der Waals surface area contributed by atoms with Crippen LogP contribution in [0.4, 0.5) is 5.69 Å². The van der Waals surface area contributed by atoms with Gasteiger partial charge in [-0.3, -0.25) is 4.79 Å². The Morgan fingerprint density at radius 3 is 2.78 bits per heavy atom. The normalized spacial score (nSPS) is 17.3. The van der Waals surface area contributed by atoms with Crippen molar-refractivity contribution in [2.45, 2.75) is 24.7 Å². The number of aryl methyl sites for hydroxylation is 1. The van der Waals surface area contributed by atoms with Gasteiger partial charge < -0.3 is 5.32 Å². The van der Waals surface area contributed by atoms with Crippen LogP contribution in [0.5, 0.6) is 0 Å². The van der Waals surface area contributed by atoms with Crippen molar-refractivity contribution in [1.82, 2.24) is 9.29 Å². The molecule has 0 saturated carbocycles. The van der Waals surface area contributed by atoms with E-state index >= 15 is 0 Å². The topological polar surface area (TPSA) is 79.4 Å². The van der Waals surface area contributed by atoms with Gasteiger partial charge in [0.2, 0.25) is 15.9 Å². The number of benzene rings is 2. The van der Waals surface area contributed by atoms with Crippen molar-refractivity contribution in [1.29, 1.82) is 0 Å². The Morgan fingerprint density at radius 1 is 1.22 bits per heavy atom. The molecule has 1 saturated heterocycles. The van der Waals surface area contributed by atoms with E-state index in [1.807, 2.05) is 36.6 Å². The van der Waals surface area contributed by atoms with E-state index in [2.05, 4.69) is 10.3 Å². The van der Waals surface area contributed by atoms with Crippen LogP contribution in [0.15, 0.2) is 52.7 Å². The molecule has 1 N–H and O–H groups in total. The number of anilines is 1. The fourth-order valence-corrected chi connectivity index (χ4v) is 6.57. The van der Waals surface area contributed by atoms with Crippen molar-refractivity contribution in [3.05, 3.63) is 62.9 Å². The molecule has 0 aliphatic carbocycles. The highest BCUT2D eigenvalue weighted by Gasteiger charge is 2.34. The predicted molar refractivity (Wildman–Crippen MR) is 129 cm³/mol. The molecule has 168 valence electrons. The van der Waals surface area contributed by atoms with Crippen LogP contribution in [0.25, 0.3) is 11.3 Å². The molecule has 1 aromatic heterocycles. The first-order chi connectivity index (χ1) is 15.2. The minimum absolute atomic E-state index is 0.0426. The molecule has 0 radical (unpaired) electrons. The third-order valence-electron chi connectivity index (χ3n) is 5.31. The number of hydrogen-bond acceptors (Lipinski definition) is 5. The maximum Gasteiger partial charge on any atom is 0.244 e. The van der Waals surface area contributed by atoms with Gasteiger partial charge in [-0.2, -0.15) is 4.31 Å². The smallest absolute Gasteiger partial charge is 0.244 e. The molecular formula is C22H21Cl2N3O3S2. The number of halogens is 2. The van der Waals surface area contributed by atoms with Gasteiger partial charge in [-0.05, 0) is 50.1 Å². The Hall–Kier alpha value is -1.97. The number of rotatable bonds is 5. The maximum absolute atomic E-state index is 13.1. The Balaban J connectivity index is 1.49. The summed E-state index contributed by atoms with van der Waals surface area (Å²) >= 11 is 13.7. The molecule has 0 bridgehead atoms. The standard InChI is InChI=1S/C22H21Cl2N3O3S2/c1-14-25-20(13-31-14)15-4-2-6-18(10-15)26-22(28)16-5-3-9-27(12-16)32(29,30)21-11-17(23)7-8-19(21)24/h2,4,6-8,10-11,13,16H,3,5,9,12H2,1H3,(H,26,28)/t16-/m0/s1. The van der Waals surface area contributed by atoms with Crippen molar-refractivity contribution in [3.63, 3.8) is 0 Å². The summed E-state index contributed by atoms with van der Waals surface area (Å²) in [5, 5.41) is 6.27. The van der Waals surface area contributed by atoms with Crippen LogP contribution in [-0.2, 0) is 14.8 Å². The number of nitrogens with one attached hydrogen (secondary N) is 1. The van der Waals surface area contributed by atoms with Crippen LogP contribution in [0.2, 0.25) is 10.0 Å². The van der Waals surface area contributed by atoms with Gasteiger partial charge >= 0.3 is 0 Å². The number of hydrogen-bond donors (Lipinski definition) is 1. The van der Waals surface area contributed by atoms with Crippen LogP contribution in [0.3, 0.4) is 0 Å². The SMILES string of the molecule is Cc1nc(-c2cccc(NC(=O)[C@H]3CCCN(S(=O)(=O)c4cc(Cl)ccc4Cl)C3)c2)cs1. The molecule has 32 heavy (non-hydrogen) atoms. The Labute approximate surface area is 201 Å². The number of piperidine rings is 1. The van der Waals surface area contributed by atoms with Gasteiger partial charge in [0, 0.05) is 34.7 Å². The Bertz CT molecular complexity index is 1260. The molecule has 2 heterocycles. The van der Waals surface area contributed by atoms with Crippen LogP contribution < -0.4 is 5.32 Å². The van der Waals surface area contributed by atoms with E-state index in [0.29, 0.717) is 25.1 Å². The summed E-state index contributed by atoms with van der Waals surface area (Å²) in [7, 11) is -3.87. The summed E-state index contributed by atoms with van der Waals surface area (Å²) in [6.45, 7) is 2.36. The Kier molecular flexibility index (Phi) is 6.88. The van der Waals surface area contributed by atoms with E-state index < -0.39 is 15.9 Å². The fourth-order valence-electron chi connectivity index (χ4n) is 3.69. The third kappa shape index (κ3) is 5.00. The summed E-state index contributed by atoms with van der Waals surface area (Å²) in [5.74, 6) is -0.685. The molecule has 1 fully saturated rings. The Morgan fingerprint density at radius 2 is 2.03 bits per heavy atom. The van der Waals surface area contributed by atoms with E-state index in [1.165, 1.54) is 22.5 Å². The predicted octanol–water partition coefficient (Wildman–Crippen LogP) is 5.46. The lowest BCUT2D eigenvalue weighted by atomic mass is 9.98. The van der Waals surface area contributed by atoms with E-state index in [4.69, 9.17) is 23.2 Å². The van der Waals surface area contributed by atoms with E-state index in [0.717, 1.165) is 16.3 Å². The first-order valence-corrected chi connectivity index (χ1v) is 13.1. The van der Waals surface area contributed by atoms with Gasteiger partial charge in [0.1, 0.15) is 4.90 Å². The van der Waals surface area contributed by atoms with E-state index in [-0.39, 0.29) is 27.4 Å². The molecule has 1 amide bonds.